The van der Waals surface area contributed by atoms with Gasteiger partial charge in [0.2, 0.25) is 5.91 Å². The van der Waals surface area contributed by atoms with Gasteiger partial charge in [-0.05, 0) is 67.9 Å². The molecule has 3 aromatic carbocycles. The number of fused-ring (bicyclic) bond motifs is 1. The highest BCUT2D eigenvalue weighted by atomic mass is 35.5. The Kier molecular flexibility index (Phi) is 6.02. The van der Waals surface area contributed by atoms with Crippen LogP contribution in [0.4, 0.5) is 17.1 Å². The summed E-state index contributed by atoms with van der Waals surface area (Å²) in [5.74, 6) is -1.29. The number of nitrogens with zero attached hydrogens (tertiary/aromatic N) is 3. The molecule has 2 heterocycles. The maximum atomic E-state index is 13.7. The number of halogens is 1. The molecule has 2 fully saturated rings. The Labute approximate surface area is 204 Å². The number of rotatable bonds is 6. The summed E-state index contributed by atoms with van der Waals surface area (Å²) in [6, 6.07) is 24.1. The third-order valence-electron chi connectivity index (χ3n) is 6.57. The first kappa shape index (κ1) is 22.4. The van der Waals surface area contributed by atoms with Gasteiger partial charge in [-0.25, -0.2) is 9.96 Å². The first-order valence-electron chi connectivity index (χ1n) is 11.5. The zero-order valence-corrected chi connectivity index (χ0v) is 19.9. The average Bonchev–Trinajstić information content (AvgIpc) is 3.38. The van der Waals surface area contributed by atoms with E-state index in [1.165, 1.54) is 4.90 Å². The Balaban J connectivity index is 1.54. The van der Waals surface area contributed by atoms with Crippen LogP contribution >= 0.6 is 11.6 Å². The van der Waals surface area contributed by atoms with Crippen LogP contribution in [-0.2, 0) is 14.4 Å². The molecule has 0 bridgehead atoms. The largest absolute Gasteiger partial charge is 0.372 e. The smallest absolute Gasteiger partial charge is 0.266 e. The van der Waals surface area contributed by atoms with Crippen molar-refractivity contribution in [3.05, 3.63) is 89.4 Å². The van der Waals surface area contributed by atoms with Crippen molar-refractivity contribution in [1.29, 1.82) is 0 Å². The van der Waals surface area contributed by atoms with Gasteiger partial charge in [0.25, 0.3) is 5.91 Å². The van der Waals surface area contributed by atoms with Crippen LogP contribution in [0.3, 0.4) is 0 Å². The fourth-order valence-corrected chi connectivity index (χ4v) is 4.99. The van der Waals surface area contributed by atoms with Gasteiger partial charge in [0, 0.05) is 23.8 Å². The van der Waals surface area contributed by atoms with Gasteiger partial charge >= 0.3 is 0 Å². The second-order valence-corrected chi connectivity index (χ2v) is 8.85. The van der Waals surface area contributed by atoms with E-state index < -0.39 is 18.1 Å². The lowest BCUT2D eigenvalue weighted by Crippen LogP contribution is -2.37. The van der Waals surface area contributed by atoms with Crippen molar-refractivity contribution in [2.75, 3.05) is 28.0 Å². The number of hydrogen-bond acceptors (Lipinski definition) is 5. The number of amides is 2. The highest BCUT2D eigenvalue weighted by molar-refractivity contribution is 6.31. The van der Waals surface area contributed by atoms with E-state index in [4.69, 9.17) is 16.4 Å². The van der Waals surface area contributed by atoms with Crippen LogP contribution in [-0.4, -0.2) is 31.0 Å². The molecule has 0 saturated carbocycles. The normalized spacial score (nSPS) is 21.8. The summed E-state index contributed by atoms with van der Waals surface area (Å²) >= 11 is 6.01. The van der Waals surface area contributed by atoms with Crippen LogP contribution in [0.5, 0.6) is 0 Å². The highest BCUT2D eigenvalue weighted by Crippen LogP contribution is 2.47. The standard InChI is InChI=1S/C27H26ClN3O3/c1-3-29(4-2)20-14-10-18(11-15-20)24-23-25(34-31(24)22-8-6-5-7-9-22)27(33)30(26(23)32)21-16-12-19(28)13-17-21/h5-17,23-25H,3-4H2,1-2H3/t23-,24-,25+/m1/s1. The monoisotopic (exact) mass is 475 g/mol. The van der Waals surface area contributed by atoms with Crippen LogP contribution in [0.1, 0.15) is 25.5 Å². The molecule has 3 aromatic rings. The third-order valence-corrected chi connectivity index (χ3v) is 6.83. The molecule has 34 heavy (non-hydrogen) atoms. The molecule has 0 N–H and O–H groups in total. The zero-order valence-electron chi connectivity index (χ0n) is 19.1. The second kappa shape index (κ2) is 9.12. The van der Waals surface area contributed by atoms with Crippen LogP contribution in [0, 0.1) is 5.92 Å². The van der Waals surface area contributed by atoms with Gasteiger partial charge in [0.15, 0.2) is 6.10 Å². The minimum absolute atomic E-state index is 0.270. The van der Waals surface area contributed by atoms with Crippen molar-refractivity contribution in [2.24, 2.45) is 5.92 Å². The summed E-state index contributed by atoms with van der Waals surface area (Å²) < 4.78 is 0. The minimum atomic E-state index is -0.893. The Morgan fingerprint density at radius 2 is 1.47 bits per heavy atom. The molecule has 174 valence electrons. The minimum Gasteiger partial charge on any atom is -0.372 e. The molecule has 0 radical (unpaired) electrons. The molecular formula is C27H26ClN3O3. The molecule has 2 saturated heterocycles. The number of benzene rings is 3. The van der Waals surface area contributed by atoms with E-state index in [-0.39, 0.29) is 11.8 Å². The van der Waals surface area contributed by atoms with Gasteiger partial charge in [-0.3, -0.25) is 14.4 Å². The molecule has 0 aromatic heterocycles. The lowest BCUT2D eigenvalue weighted by atomic mass is 9.90. The molecule has 2 amide bonds. The van der Waals surface area contributed by atoms with Crippen LogP contribution < -0.4 is 14.9 Å². The van der Waals surface area contributed by atoms with E-state index in [9.17, 15) is 9.59 Å². The molecule has 0 aliphatic carbocycles. The lowest BCUT2D eigenvalue weighted by Gasteiger charge is -2.29. The van der Waals surface area contributed by atoms with E-state index in [2.05, 4.69) is 30.9 Å². The van der Waals surface area contributed by atoms with Crippen molar-refractivity contribution in [1.82, 2.24) is 0 Å². The first-order chi connectivity index (χ1) is 16.5. The predicted octanol–water partition coefficient (Wildman–Crippen LogP) is 5.24. The summed E-state index contributed by atoms with van der Waals surface area (Å²) in [6.07, 6.45) is -0.893. The average molecular weight is 476 g/mol. The quantitative estimate of drug-likeness (QED) is 0.456. The maximum absolute atomic E-state index is 13.7. The number of hydrogen-bond donors (Lipinski definition) is 0. The Morgan fingerprint density at radius 3 is 2.09 bits per heavy atom. The Morgan fingerprint density at radius 1 is 0.824 bits per heavy atom. The lowest BCUT2D eigenvalue weighted by molar-refractivity contribution is -0.126. The molecule has 7 heteroatoms. The molecule has 0 unspecified atom stereocenters. The molecule has 5 rings (SSSR count). The summed E-state index contributed by atoms with van der Waals surface area (Å²) in [5.41, 5.74) is 3.34. The maximum Gasteiger partial charge on any atom is 0.266 e. The van der Waals surface area contributed by atoms with E-state index >= 15 is 0 Å². The van der Waals surface area contributed by atoms with Crippen molar-refractivity contribution in [3.8, 4) is 0 Å². The molecule has 2 aliphatic heterocycles. The number of anilines is 3. The van der Waals surface area contributed by atoms with E-state index in [0.717, 1.165) is 30.0 Å². The number of carbonyl (C=O) groups excluding carboxylic acids is 2. The fraction of sp³-hybridized carbons (Fsp3) is 0.259. The molecule has 6 nitrogen and oxygen atoms in total. The van der Waals surface area contributed by atoms with E-state index in [0.29, 0.717) is 10.7 Å². The highest BCUT2D eigenvalue weighted by Gasteiger charge is 2.60. The van der Waals surface area contributed by atoms with Crippen LogP contribution in [0.15, 0.2) is 78.9 Å². The molecular weight excluding hydrogens is 450 g/mol. The van der Waals surface area contributed by atoms with Gasteiger partial charge in [-0.2, -0.15) is 0 Å². The van der Waals surface area contributed by atoms with Gasteiger partial charge < -0.3 is 4.90 Å². The second-order valence-electron chi connectivity index (χ2n) is 8.41. The van der Waals surface area contributed by atoms with E-state index in [1.54, 1.807) is 29.3 Å². The van der Waals surface area contributed by atoms with Gasteiger partial charge in [0.1, 0.15) is 5.92 Å². The van der Waals surface area contributed by atoms with E-state index in [1.807, 2.05) is 42.5 Å². The molecule has 0 spiro atoms. The van der Waals surface area contributed by atoms with Crippen molar-refractivity contribution >= 4 is 40.5 Å². The fourth-order valence-electron chi connectivity index (χ4n) is 4.87. The number of para-hydroxylation sites is 1. The summed E-state index contributed by atoms with van der Waals surface area (Å²) in [4.78, 5) is 36.7. The summed E-state index contributed by atoms with van der Waals surface area (Å²) in [7, 11) is 0. The first-order valence-corrected chi connectivity index (χ1v) is 11.9. The summed E-state index contributed by atoms with van der Waals surface area (Å²) in [6.45, 7) is 6.06. The predicted molar refractivity (Wildman–Crippen MR) is 134 cm³/mol. The van der Waals surface area contributed by atoms with Crippen molar-refractivity contribution in [2.45, 2.75) is 26.0 Å². The summed E-state index contributed by atoms with van der Waals surface area (Å²) in [5, 5.41) is 2.26. The Hall–Kier alpha value is -3.35. The van der Waals surface area contributed by atoms with Crippen molar-refractivity contribution in [3.63, 3.8) is 0 Å². The third kappa shape index (κ3) is 3.73. The van der Waals surface area contributed by atoms with Gasteiger partial charge in [-0.1, -0.05) is 41.9 Å². The number of imide groups is 1. The SMILES string of the molecule is CCN(CC)c1ccc([C@@H]2[C@H]3C(=O)N(c4ccc(Cl)cc4)C(=O)[C@H]3ON2c2ccccc2)cc1. The zero-order chi connectivity index (χ0) is 23.8. The molecule has 3 atom stereocenters. The number of hydroxylamine groups is 1. The van der Waals surface area contributed by atoms with Crippen molar-refractivity contribution < 1.29 is 14.4 Å². The molecule has 2 aliphatic rings. The number of carbonyl (C=O) groups is 2. The van der Waals surface area contributed by atoms with Crippen LogP contribution in [0.2, 0.25) is 5.02 Å². The van der Waals surface area contributed by atoms with Gasteiger partial charge in [-0.15, -0.1) is 0 Å². The topological polar surface area (TPSA) is 53.1 Å². The van der Waals surface area contributed by atoms with Crippen LogP contribution in [0.25, 0.3) is 0 Å². The van der Waals surface area contributed by atoms with Gasteiger partial charge in [0.05, 0.1) is 17.4 Å². The Bertz CT molecular complexity index is 1180.